The molecule has 39 heavy (non-hydrogen) atoms. The second kappa shape index (κ2) is 12.2. The first-order valence-electron chi connectivity index (χ1n) is 12.4. The van der Waals surface area contributed by atoms with E-state index in [4.69, 9.17) is 30.2 Å². The van der Waals surface area contributed by atoms with Crippen molar-refractivity contribution in [1.82, 2.24) is 15.3 Å². The van der Waals surface area contributed by atoms with Crippen LogP contribution in [-0.4, -0.2) is 47.7 Å². The number of aromatic nitrogens is 2. The Labute approximate surface area is 230 Å². The molecule has 2 aromatic carbocycles. The zero-order chi connectivity index (χ0) is 27.2. The number of ether oxygens (including phenoxy) is 3. The third-order valence-corrected chi connectivity index (χ3v) is 6.27. The van der Waals surface area contributed by atoms with E-state index in [1.54, 1.807) is 0 Å². The van der Waals surface area contributed by atoms with Crippen molar-refractivity contribution in [3.63, 3.8) is 0 Å². The molecule has 3 heterocycles. The summed E-state index contributed by atoms with van der Waals surface area (Å²) < 4.78 is 22.0. The number of halogens is 1. The molecule has 0 unspecified atom stereocenters. The minimum absolute atomic E-state index is 0.122. The Morgan fingerprint density at radius 1 is 1.13 bits per heavy atom. The zero-order valence-corrected chi connectivity index (χ0v) is 21.9. The normalized spacial score (nSPS) is 15.1. The summed E-state index contributed by atoms with van der Waals surface area (Å²) in [6, 6.07) is 18.1. The van der Waals surface area contributed by atoms with Crippen molar-refractivity contribution in [2.24, 2.45) is 0 Å². The topological polar surface area (TPSA) is 113 Å². The SMILES string of the molecule is Cc1oc(Cc2cccc(Cl)c2)nc1-c1ccc(OCc2cc(C(=O)OC(=O)[C@H]3CNCCO3)ccn2)cc1. The second-order valence-electron chi connectivity index (χ2n) is 8.94. The van der Waals surface area contributed by atoms with Crippen molar-refractivity contribution in [3.8, 4) is 17.0 Å². The van der Waals surface area contributed by atoms with E-state index in [-0.39, 0.29) is 12.2 Å². The molecule has 1 fully saturated rings. The molecule has 0 radical (unpaired) electrons. The number of hydrogen-bond donors (Lipinski definition) is 1. The minimum Gasteiger partial charge on any atom is -0.487 e. The van der Waals surface area contributed by atoms with Crippen LogP contribution in [0.5, 0.6) is 5.75 Å². The highest BCUT2D eigenvalue weighted by molar-refractivity contribution is 6.30. The number of rotatable bonds is 8. The quantitative estimate of drug-likeness (QED) is 0.251. The molecule has 0 aliphatic carbocycles. The molecule has 9 nitrogen and oxygen atoms in total. The molecule has 1 aliphatic rings. The largest absolute Gasteiger partial charge is 0.487 e. The van der Waals surface area contributed by atoms with Crippen LogP contribution in [0.2, 0.25) is 5.02 Å². The van der Waals surface area contributed by atoms with Gasteiger partial charge in [0.25, 0.3) is 0 Å². The molecule has 0 saturated carbocycles. The van der Waals surface area contributed by atoms with Crippen LogP contribution >= 0.6 is 11.6 Å². The van der Waals surface area contributed by atoms with Crippen LogP contribution in [0.3, 0.4) is 0 Å². The summed E-state index contributed by atoms with van der Waals surface area (Å²) in [5.41, 5.74) is 3.38. The molecular weight excluding hydrogens is 522 g/mol. The molecule has 2 aromatic heterocycles. The molecule has 1 atom stereocenters. The zero-order valence-electron chi connectivity index (χ0n) is 21.2. The molecule has 1 aliphatic heterocycles. The van der Waals surface area contributed by atoms with Crippen LogP contribution in [-0.2, 0) is 27.3 Å². The molecule has 0 bridgehead atoms. The van der Waals surface area contributed by atoms with Gasteiger partial charge in [-0.3, -0.25) is 4.98 Å². The average molecular weight is 548 g/mol. The average Bonchev–Trinajstić information content (AvgIpc) is 3.32. The van der Waals surface area contributed by atoms with E-state index in [9.17, 15) is 9.59 Å². The van der Waals surface area contributed by atoms with Crippen molar-refractivity contribution in [2.45, 2.75) is 26.1 Å². The molecule has 0 amide bonds. The highest BCUT2D eigenvalue weighted by atomic mass is 35.5. The van der Waals surface area contributed by atoms with Crippen molar-refractivity contribution in [1.29, 1.82) is 0 Å². The number of esters is 2. The maximum atomic E-state index is 12.4. The second-order valence-corrected chi connectivity index (χ2v) is 9.38. The Balaban J connectivity index is 1.18. The van der Waals surface area contributed by atoms with E-state index in [2.05, 4.69) is 15.3 Å². The lowest BCUT2D eigenvalue weighted by atomic mass is 10.1. The van der Waals surface area contributed by atoms with Gasteiger partial charge in [-0.2, -0.15) is 0 Å². The molecule has 0 spiro atoms. The summed E-state index contributed by atoms with van der Waals surface area (Å²) in [5.74, 6) is 0.462. The van der Waals surface area contributed by atoms with Gasteiger partial charge in [-0.25, -0.2) is 14.6 Å². The van der Waals surface area contributed by atoms with E-state index < -0.39 is 18.0 Å². The van der Waals surface area contributed by atoms with Crippen LogP contribution < -0.4 is 10.1 Å². The van der Waals surface area contributed by atoms with Crippen molar-refractivity contribution >= 4 is 23.5 Å². The lowest BCUT2D eigenvalue weighted by Gasteiger charge is -2.21. The molecular formula is C29H26ClN3O6. The van der Waals surface area contributed by atoms with Crippen molar-refractivity contribution in [3.05, 3.63) is 100 Å². The van der Waals surface area contributed by atoms with E-state index in [0.717, 1.165) is 22.6 Å². The third-order valence-electron chi connectivity index (χ3n) is 6.04. The van der Waals surface area contributed by atoms with Crippen molar-refractivity contribution in [2.75, 3.05) is 19.7 Å². The number of pyridine rings is 1. The predicted octanol–water partition coefficient (Wildman–Crippen LogP) is 4.54. The van der Waals surface area contributed by atoms with Crippen molar-refractivity contribution < 1.29 is 28.2 Å². The van der Waals surface area contributed by atoms with Gasteiger partial charge in [0.15, 0.2) is 12.0 Å². The highest BCUT2D eigenvalue weighted by Crippen LogP contribution is 2.27. The molecule has 1 N–H and O–H groups in total. The van der Waals surface area contributed by atoms with E-state index in [1.807, 2.05) is 55.5 Å². The van der Waals surface area contributed by atoms with Crippen LogP contribution in [0.4, 0.5) is 0 Å². The molecule has 10 heteroatoms. The van der Waals surface area contributed by atoms with Gasteiger partial charge in [-0.1, -0.05) is 23.7 Å². The van der Waals surface area contributed by atoms with E-state index in [0.29, 0.717) is 48.5 Å². The first kappa shape index (κ1) is 26.6. The number of carbonyl (C=O) groups is 2. The smallest absolute Gasteiger partial charge is 0.345 e. The predicted molar refractivity (Wildman–Crippen MR) is 143 cm³/mol. The molecule has 5 rings (SSSR count). The summed E-state index contributed by atoms with van der Waals surface area (Å²) in [6.45, 7) is 3.34. The van der Waals surface area contributed by atoms with Crippen LogP contribution in [0.1, 0.15) is 33.3 Å². The number of aryl methyl sites for hydroxylation is 1. The van der Waals surface area contributed by atoms with Crippen LogP contribution in [0.15, 0.2) is 71.3 Å². The highest BCUT2D eigenvalue weighted by Gasteiger charge is 2.26. The molecule has 1 saturated heterocycles. The van der Waals surface area contributed by atoms with Gasteiger partial charge in [0.1, 0.15) is 23.8 Å². The van der Waals surface area contributed by atoms with Gasteiger partial charge in [0, 0.05) is 36.3 Å². The Morgan fingerprint density at radius 3 is 2.74 bits per heavy atom. The van der Waals surface area contributed by atoms with Gasteiger partial charge in [0.05, 0.1) is 17.9 Å². The van der Waals surface area contributed by atoms with Gasteiger partial charge in [-0.15, -0.1) is 0 Å². The van der Waals surface area contributed by atoms with Gasteiger partial charge < -0.3 is 23.9 Å². The number of benzene rings is 2. The number of hydrogen-bond acceptors (Lipinski definition) is 9. The summed E-state index contributed by atoms with van der Waals surface area (Å²) in [4.78, 5) is 33.5. The summed E-state index contributed by atoms with van der Waals surface area (Å²) in [7, 11) is 0. The Morgan fingerprint density at radius 2 is 1.97 bits per heavy atom. The lowest BCUT2D eigenvalue weighted by molar-refractivity contribution is -0.152. The summed E-state index contributed by atoms with van der Waals surface area (Å²) in [6.07, 6.45) is 1.21. The van der Waals surface area contributed by atoms with Gasteiger partial charge >= 0.3 is 11.9 Å². The maximum absolute atomic E-state index is 12.4. The molecule has 200 valence electrons. The first-order valence-corrected chi connectivity index (χ1v) is 12.8. The summed E-state index contributed by atoms with van der Waals surface area (Å²) in [5, 5.41) is 3.69. The number of morpholine rings is 1. The third kappa shape index (κ3) is 6.88. The first-order chi connectivity index (χ1) is 18.9. The number of nitrogens with zero attached hydrogens (tertiary/aromatic N) is 2. The van der Waals surface area contributed by atoms with Gasteiger partial charge in [-0.05, 0) is 61.0 Å². The monoisotopic (exact) mass is 547 g/mol. The lowest BCUT2D eigenvalue weighted by Crippen LogP contribution is -2.44. The fourth-order valence-electron chi connectivity index (χ4n) is 4.10. The fraction of sp³-hybridized carbons (Fsp3) is 0.241. The van der Waals surface area contributed by atoms with Crippen LogP contribution in [0, 0.1) is 6.92 Å². The molecule has 4 aromatic rings. The number of nitrogens with one attached hydrogen (secondary N) is 1. The van der Waals surface area contributed by atoms with Crippen LogP contribution in [0.25, 0.3) is 11.3 Å². The minimum atomic E-state index is -0.800. The Bertz CT molecular complexity index is 1460. The van der Waals surface area contributed by atoms with E-state index >= 15 is 0 Å². The Kier molecular flexibility index (Phi) is 8.31. The summed E-state index contributed by atoms with van der Waals surface area (Å²) >= 11 is 6.08. The number of carbonyl (C=O) groups excluding carboxylic acids is 2. The van der Waals surface area contributed by atoms with E-state index in [1.165, 1.54) is 18.3 Å². The fourth-order valence-corrected chi connectivity index (χ4v) is 4.31. The number of oxazole rings is 1. The standard InChI is InChI=1S/C29H26ClN3O6/c1-18-27(33-26(38-18)14-19-3-2-4-22(30)13-19)20-5-7-24(8-6-20)37-17-23-15-21(9-10-32-23)28(34)39-29(35)25-16-31-11-12-36-25/h2-10,13,15,25,31H,11-12,14,16-17H2,1H3/t25-/m1/s1. The maximum Gasteiger partial charge on any atom is 0.345 e. The van der Waals surface area contributed by atoms with Gasteiger partial charge in [0.2, 0.25) is 0 Å². The Hall–Kier alpha value is -4.05.